The Morgan fingerprint density at radius 2 is 1.94 bits per heavy atom. The zero-order chi connectivity index (χ0) is 21.7. The van der Waals surface area contributed by atoms with Gasteiger partial charge in [-0.25, -0.2) is 19.5 Å². The zero-order valence-corrected chi connectivity index (χ0v) is 20.1. The van der Waals surface area contributed by atoms with Gasteiger partial charge < -0.3 is 37.2 Å². The number of phosphoric ester groups is 1. The normalized spacial score (nSPS) is 23.8. The van der Waals surface area contributed by atoms with Crippen LogP contribution >= 0.6 is 7.82 Å². The third-order valence-corrected chi connectivity index (χ3v) is 5.29. The van der Waals surface area contributed by atoms with Crippen LogP contribution in [0.2, 0.25) is 0 Å². The Bertz CT molecular complexity index is 890. The number of phosphoric acid groups is 1. The van der Waals surface area contributed by atoms with Gasteiger partial charge in [-0.3, -0.25) is 9.09 Å². The number of anilines is 1. The predicted molar refractivity (Wildman–Crippen MR) is 106 cm³/mol. The maximum atomic E-state index is 10.9. The van der Waals surface area contributed by atoms with Gasteiger partial charge in [-0.2, -0.15) is 0 Å². The fourth-order valence-corrected chi connectivity index (χ4v) is 3.61. The fourth-order valence-electron chi connectivity index (χ4n) is 3.26. The van der Waals surface area contributed by atoms with E-state index in [1.165, 1.54) is 17.2 Å². The number of rotatable bonds is 11. The number of fused-ring (bicyclic) bond motifs is 1. The first-order valence-electron chi connectivity index (χ1n) is 9.65. The molecule has 0 saturated carbocycles. The SMILES string of the molecule is NCCCCCCNc1ncnc2c1ncn2[C@@H]1O[C@H](COP(=O)(O)O)[C@@H](O)[C@H]1O.[H-].[Na+]. The van der Waals surface area contributed by atoms with Gasteiger partial charge in [0, 0.05) is 6.54 Å². The molecule has 4 atom stereocenters. The van der Waals surface area contributed by atoms with Crippen LogP contribution in [0.1, 0.15) is 33.3 Å². The average molecular weight is 470 g/mol. The van der Waals surface area contributed by atoms with Crippen LogP contribution in [0.4, 0.5) is 5.82 Å². The van der Waals surface area contributed by atoms with Gasteiger partial charge in [0.2, 0.25) is 0 Å². The molecular formula is C16H28N6NaO7P. The molecule has 0 aromatic carbocycles. The van der Waals surface area contributed by atoms with Crippen LogP contribution in [0, 0.1) is 0 Å². The number of hydrogen-bond donors (Lipinski definition) is 6. The number of nitrogens with two attached hydrogens (primary N) is 1. The molecule has 0 amide bonds. The number of imidazole rings is 1. The quantitative estimate of drug-likeness (QED) is 0.108. The van der Waals surface area contributed by atoms with Crippen molar-refractivity contribution in [3.63, 3.8) is 0 Å². The van der Waals surface area contributed by atoms with Crippen LogP contribution in [-0.2, 0) is 13.8 Å². The number of aliphatic hydroxyl groups is 2. The second kappa shape index (κ2) is 12.0. The summed E-state index contributed by atoms with van der Waals surface area (Å²) in [5.74, 6) is 0.534. The zero-order valence-electron chi connectivity index (χ0n) is 18.2. The standard InChI is InChI=1S/C16H27N6O7P.Na.H/c17-5-3-1-2-4-6-18-14-11-15(20-8-19-14)22(9-21-11)16-13(24)12(23)10(29-16)7-28-30(25,26)27;;/h8-10,12-13,16,23-24H,1-7,17H2,(H,18,19,20)(H2,25,26,27);;/q;+1;-1/t10-,12-,13-,16-;;/m1../s1. The van der Waals surface area contributed by atoms with Gasteiger partial charge in [0.1, 0.15) is 24.6 Å². The smallest absolute Gasteiger partial charge is 1.00 e. The predicted octanol–water partition coefficient (Wildman–Crippen LogP) is -3.40. The fraction of sp³-hybridized carbons (Fsp3) is 0.688. The molecule has 1 fully saturated rings. The van der Waals surface area contributed by atoms with Gasteiger partial charge in [-0.05, 0) is 19.4 Å². The molecule has 1 saturated heterocycles. The summed E-state index contributed by atoms with van der Waals surface area (Å²) < 4.78 is 22.3. The van der Waals surface area contributed by atoms with Gasteiger partial charge in [0.15, 0.2) is 23.2 Å². The number of nitrogens with one attached hydrogen (secondary N) is 1. The van der Waals surface area contributed by atoms with Gasteiger partial charge in [-0.15, -0.1) is 0 Å². The van der Waals surface area contributed by atoms with Crippen LogP contribution in [-0.4, -0.2) is 77.5 Å². The van der Waals surface area contributed by atoms with Gasteiger partial charge in [0.05, 0.1) is 12.9 Å². The minimum absolute atomic E-state index is 0. The van der Waals surface area contributed by atoms with E-state index in [0.717, 1.165) is 25.7 Å². The molecule has 1 aliphatic heterocycles. The Morgan fingerprint density at radius 1 is 1.19 bits per heavy atom. The monoisotopic (exact) mass is 470 g/mol. The number of ether oxygens (including phenoxy) is 1. The van der Waals surface area contributed by atoms with E-state index >= 15 is 0 Å². The molecule has 7 N–H and O–H groups in total. The van der Waals surface area contributed by atoms with Crippen LogP contribution < -0.4 is 40.6 Å². The molecule has 170 valence electrons. The molecule has 0 spiro atoms. The summed E-state index contributed by atoms with van der Waals surface area (Å²) in [6.07, 6.45) is 1.83. The Labute approximate surface area is 202 Å². The first-order chi connectivity index (χ1) is 14.3. The molecule has 0 bridgehead atoms. The Morgan fingerprint density at radius 3 is 2.65 bits per heavy atom. The number of hydrogen-bond acceptors (Lipinski definition) is 10. The van der Waals surface area contributed by atoms with Crippen LogP contribution in [0.3, 0.4) is 0 Å². The summed E-state index contributed by atoms with van der Waals surface area (Å²) in [5, 5.41) is 23.7. The summed E-state index contributed by atoms with van der Waals surface area (Å²) in [6, 6.07) is 0. The van der Waals surface area contributed by atoms with Crippen molar-refractivity contribution in [2.45, 2.75) is 50.2 Å². The van der Waals surface area contributed by atoms with E-state index in [9.17, 15) is 14.8 Å². The third-order valence-electron chi connectivity index (χ3n) is 4.80. The number of aromatic nitrogens is 4. The summed E-state index contributed by atoms with van der Waals surface area (Å²) in [4.78, 5) is 30.3. The molecule has 15 heteroatoms. The number of nitrogens with zero attached hydrogens (tertiary/aromatic N) is 4. The molecule has 31 heavy (non-hydrogen) atoms. The Kier molecular flexibility index (Phi) is 10.2. The second-order valence-corrected chi connectivity index (χ2v) is 8.25. The first-order valence-corrected chi connectivity index (χ1v) is 11.2. The van der Waals surface area contributed by atoms with Crippen molar-refractivity contribution in [2.24, 2.45) is 5.73 Å². The molecule has 13 nitrogen and oxygen atoms in total. The molecular weight excluding hydrogens is 442 g/mol. The van der Waals surface area contributed by atoms with E-state index in [4.69, 9.17) is 20.3 Å². The number of unbranched alkanes of at least 4 members (excludes halogenated alkanes) is 3. The van der Waals surface area contributed by atoms with Crippen molar-refractivity contribution in [1.29, 1.82) is 0 Å². The van der Waals surface area contributed by atoms with Crippen LogP contribution in [0.25, 0.3) is 11.2 Å². The van der Waals surface area contributed by atoms with Crippen molar-refractivity contribution in [2.75, 3.05) is 25.0 Å². The molecule has 2 aromatic rings. The largest absolute Gasteiger partial charge is 1.00 e. The molecule has 0 aliphatic carbocycles. The summed E-state index contributed by atoms with van der Waals surface area (Å²) in [6.45, 7) is 0.803. The second-order valence-electron chi connectivity index (χ2n) is 7.01. The van der Waals surface area contributed by atoms with E-state index in [1.807, 2.05) is 0 Å². The van der Waals surface area contributed by atoms with Gasteiger partial charge >= 0.3 is 37.4 Å². The third kappa shape index (κ3) is 6.89. The maximum Gasteiger partial charge on any atom is 1.00 e. The van der Waals surface area contributed by atoms with Crippen molar-refractivity contribution in [3.05, 3.63) is 12.7 Å². The molecule has 0 unspecified atom stereocenters. The maximum absolute atomic E-state index is 10.9. The van der Waals surface area contributed by atoms with Gasteiger partial charge in [0.25, 0.3) is 0 Å². The van der Waals surface area contributed by atoms with E-state index in [0.29, 0.717) is 30.1 Å². The molecule has 3 heterocycles. The molecule has 1 aliphatic rings. The van der Waals surface area contributed by atoms with Crippen molar-refractivity contribution < 1.29 is 64.8 Å². The number of aliphatic hydroxyl groups excluding tert-OH is 2. The van der Waals surface area contributed by atoms with Crippen molar-refractivity contribution >= 4 is 24.8 Å². The van der Waals surface area contributed by atoms with E-state index in [-0.39, 0.29) is 31.0 Å². The van der Waals surface area contributed by atoms with Crippen LogP contribution in [0.5, 0.6) is 0 Å². The topological polar surface area (TPSA) is 198 Å². The minimum atomic E-state index is -4.74. The average Bonchev–Trinajstić information content (AvgIpc) is 3.25. The van der Waals surface area contributed by atoms with E-state index in [1.54, 1.807) is 0 Å². The first kappa shape index (κ1) is 26.6. The van der Waals surface area contributed by atoms with Crippen molar-refractivity contribution in [3.8, 4) is 0 Å². The van der Waals surface area contributed by atoms with Gasteiger partial charge in [-0.1, -0.05) is 12.8 Å². The molecule has 2 aromatic heterocycles. The van der Waals surface area contributed by atoms with Crippen LogP contribution in [0.15, 0.2) is 12.7 Å². The summed E-state index contributed by atoms with van der Waals surface area (Å²) in [7, 11) is -4.74. The summed E-state index contributed by atoms with van der Waals surface area (Å²) >= 11 is 0. The molecule has 0 radical (unpaired) electrons. The Hall–Kier alpha value is -0.700. The Balaban J connectivity index is 0.00000256. The minimum Gasteiger partial charge on any atom is -1.00 e. The van der Waals surface area contributed by atoms with E-state index < -0.39 is 39.0 Å². The van der Waals surface area contributed by atoms with E-state index in [2.05, 4.69) is 24.8 Å². The van der Waals surface area contributed by atoms with Crippen molar-refractivity contribution in [1.82, 2.24) is 19.5 Å². The summed E-state index contributed by atoms with van der Waals surface area (Å²) in [5.41, 5.74) is 6.33. The molecule has 3 rings (SSSR count).